The predicted octanol–water partition coefficient (Wildman–Crippen LogP) is 1.80. The summed E-state index contributed by atoms with van der Waals surface area (Å²) in [5.41, 5.74) is 0.909. The highest BCUT2D eigenvalue weighted by Crippen LogP contribution is 2.15. The lowest BCUT2D eigenvalue weighted by Crippen LogP contribution is -2.47. The summed E-state index contributed by atoms with van der Waals surface area (Å²) >= 11 is 0. The Morgan fingerprint density at radius 2 is 1.86 bits per heavy atom. The van der Waals surface area contributed by atoms with E-state index in [2.05, 4.69) is 16.0 Å². The van der Waals surface area contributed by atoms with Crippen molar-refractivity contribution in [2.75, 3.05) is 19.7 Å². The van der Waals surface area contributed by atoms with Crippen LogP contribution in [0.5, 0.6) is 0 Å². The van der Waals surface area contributed by atoms with E-state index < -0.39 is 0 Å². The number of nitrogens with one attached hydrogen (secondary N) is 3. The minimum atomic E-state index is -0.235. The van der Waals surface area contributed by atoms with E-state index in [0.29, 0.717) is 19.5 Å². The molecule has 2 amide bonds. The van der Waals surface area contributed by atoms with Crippen LogP contribution in [0.25, 0.3) is 0 Å². The third-order valence-corrected chi connectivity index (χ3v) is 2.91. The third-order valence-electron chi connectivity index (χ3n) is 2.91. The summed E-state index contributed by atoms with van der Waals surface area (Å²) in [4.78, 5) is 11.6. The van der Waals surface area contributed by atoms with Gasteiger partial charge in [0.05, 0.1) is 0 Å². The van der Waals surface area contributed by atoms with Gasteiger partial charge in [0.1, 0.15) is 0 Å². The first-order chi connectivity index (χ1) is 9.92. The number of carbonyl (C=O) groups is 1. The minimum absolute atomic E-state index is 0.101. The second-order valence-electron chi connectivity index (χ2n) is 6.06. The zero-order valence-electron chi connectivity index (χ0n) is 13.1. The maximum absolute atomic E-state index is 11.6. The first-order valence-corrected chi connectivity index (χ1v) is 7.37. The van der Waals surface area contributed by atoms with Crippen LogP contribution in [0.15, 0.2) is 30.3 Å². The van der Waals surface area contributed by atoms with E-state index in [1.807, 2.05) is 51.1 Å². The molecular formula is C16H27N3O2. The van der Waals surface area contributed by atoms with Gasteiger partial charge in [0.2, 0.25) is 0 Å². The molecule has 1 unspecified atom stereocenters. The summed E-state index contributed by atoms with van der Waals surface area (Å²) in [5.74, 6) is 0. The van der Waals surface area contributed by atoms with Crippen LogP contribution in [0.2, 0.25) is 0 Å². The monoisotopic (exact) mass is 293 g/mol. The standard InChI is InChI=1S/C16H27N3O2/c1-16(2,3)19-15(21)18-11-10-17-14(9-12-20)13-7-5-4-6-8-13/h4-8,14,17,20H,9-12H2,1-3H3,(H2,18,19,21). The molecule has 0 fully saturated rings. The third kappa shape index (κ3) is 7.68. The average Bonchev–Trinajstić information content (AvgIpc) is 2.41. The van der Waals surface area contributed by atoms with Gasteiger partial charge in [0.15, 0.2) is 0 Å². The Balaban J connectivity index is 2.33. The summed E-state index contributed by atoms with van der Waals surface area (Å²) in [6.45, 7) is 7.14. The molecule has 1 rings (SSSR count). The largest absolute Gasteiger partial charge is 0.396 e. The van der Waals surface area contributed by atoms with Crippen LogP contribution >= 0.6 is 0 Å². The van der Waals surface area contributed by atoms with Gasteiger partial charge in [-0.15, -0.1) is 0 Å². The lowest BCUT2D eigenvalue weighted by atomic mass is 10.0. The van der Waals surface area contributed by atoms with E-state index in [1.54, 1.807) is 0 Å². The number of rotatable bonds is 7. The fourth-order valence-electron chi connectivity index (χ4n) is 2.01. The molecule has 118 valence electrons. The Bertz CT molecular complexity index is 415. The first kappa shape index (κ1) is 17.5. The zero-order valence-corrected chi connectivity index (χ0v) is 13.1. The Labute approximate surface area is 127 Å². The molecule has 0 saturated heterocycles. The summed E-state index contributed by atoms with van der Waals surface area (Å²) in [7, 11) is 0. The normalized spacial score (nSPS) is 12.8. The van der Waals surface area contributed by atoms with Crippen LogP contribution in [0.1, 0.15) is 38.8 Å². The van der Waals surface area contributed by atoms with E-state index in [-0.39, 0.29) is 24.2 Å². The molecule has 0 bridgehead atoms. The molecule has 5 heteroatoms. The van der Waals surface area contributed by atoms with E-state index in [4.69, 9.17) is 5.11 Å². The highest BCUT2D eigenvalue weighted by atomic mass is 16.3. The lowest BCUT2D eigenvalue weighted by Gasteiger charge is -2.22. The number of amides is 2. The molecule has 4 N–H and O–H groups in total. The number of benzene rings is 1. The molecule has 0 aliphatic carbocycles. The maximum atomic E-state index is 11.6. The number of carbonyl (C=O) groups excluding carboxylic acids is 1. The van der Waals surface area contributed by atoms with Crippen molar-refractivity contribution in [2.45, 2.75) is 38.8 Å². The fraction of sp³-hybridized carbons (Fsp3) is 0.562. The van der Waals surface area contributed by atoms with Gasteiger partial charge in [-0.3, -0.25) is 0 Å². The second-order valence-corrected chi connectivity index (χ2v) is 6.06. The lowest BCUT2D eigenvalue weighted by molar-refractivity contribution is 0.231. The van der Waals surface area contributed by atoms with Crippen LogP contribution < -0.4 is 16.0 Å². The molecule has 0 aromatic heterocycles. The number of urea groups is 1. The molecule has 1 atom stereocenters. The number of hydrogen-bond acceptors (Lipinski definition) is 3. The average molecular weight is 293 g/mol. The van der Waals surface area contributed by atoms with E-state index in [9.17, 15) is 4.79 Å². The highest BCUT2D eigenvalue weighted by molar-refractivity contribution is 5.74. The van der Waals surface area contributed by atoms with Crippen molar-refractivity contribution >= 4 is 6.03 Å². The van der Waals surface area contributed by atoms with Crippen molar-refractivity contribution in [3.63, 3.8) is 0 Å². The van der Waals surface area contributed by atoms with Crippen molar-refractivity contribution in [3.05, 3.63) is 35.9 Å². The highest BCUT2D eigenvalue weighted by Gasteiger charge is 2.13. The van der Waals surface area contributed by atoms with E-state index >= 15 is 0 Å². The summed E-state index contributed by atoms with van der Waals surface area (Å²) < 4.78 is 0. The van der Waals surface area contributed by atoms with Gasteiger partial charge in [-0.2, -0.15) is 0 Å². The van der Waals surface area contributed by atoms with Crippen molar-refractivity contribution in [1.82, 2.24) is 16.0 Å². The van der Waals surface area contributed by atoms with Crippen LogP contribution in [0.3, 0.4) is 0 Å². The van der Waals surface area contributed by atoms with Gasteiger partial charge in [0.25, 0.3) is 0 Å². The number of hydrogen-bond donors (Lipinski definition) is 4. The molecule has 0 heterocycles. The Morgan fingerprint density at radius 1 is 1.19 bits per heavy atom. The van der Waals surface area contributed by atoms with Crippen LogP contribution in [0, 0.1) is 0 Å². The van der Waals surface area contributed by atoms with Crippen LogP contribution in [-0.4, -0.2) is 36.4 Å². The zero-order chi connectivity index (χ0) is 15.7. The Kier molecular flexibility index (Phi) is 7.19. The van der Waals surface area contributed by atoms with Gasteiger partial charge in [-0.05, 0) is 32.8 Å². The summed E-state index contributed by atoms with van der Waals surface area (Å²) in [6.07, 6.45) is 0.651. The summed E-state index contributed by atoms with van der Waals surface area (Å²) in [5, 5.41) is 18.2. The van der Waals surface area contributed by atoms with Crippen molar-refractivity contribution in [3.8, 4) is 0 Å². The second kappa shape index (κ2) is 8.64. The SMILES string of the molecule is CC(C)(C)NC(=O)NCCNC(CCO)c1ccccc1. The topological polar surface area (TPSA) is 73.4 Å². The van der Waals surface area contributed by atoms with Crippen LogP contribution in [-0.2, 0) is 0 Å². The molecule has 0 spiro atoms. The minimum Gasteiger partial charge on any atom is -0.396 e. The molecule has 0 aliphatic heterocycles. The molecule has 5 nitrogen and oxygen atoms in total. The maximum Gasteiger partial charge on any atom is 0.315 e. The van der Waals surface area contributed by atoms with Gasteiger partial charge < -0.3 is 21.1 Å². The predicted molar refractivity (Wildman–Crippen MR) is 85.2 cm³/mol. The summed E-state index contributed by atoms with van der Waals surface area (Å²) in [6, 6.07) is 9.94. The molecule has 1 aromatic rings. The first-order valence-electron chi connectivity index (χ1n) is 7.37. The van der Waals surface area contributed by atoms with Crippen molar-refractivity contribution < 1.29 is 9.90 Å². The van der Waals surface area contributed by atoms with Gasteiger partial charge >= 0.3 is 6.03 Å². The molecular weight excluding hydrogens is 266 g/mol. The van der Waals surface area contributed by atoms with Crippen molar-refractivity contribution in [2.24, 2.45) is 0 Å². The van der Waals surface area contributed by atoms with Gasteiger partial charge in [0, 0.05) is 31.3 Å². The number of aliphatic hydroxyl groups is 1. The molecule has 0 saturated carbocycles. The number of aliphatic hydroxyl groups excluding tert-OH is 1. The smallest absolute Gasteiger partial charge is 0.315 e. The Hall–Kier alpha value is -1.59. The van der Waals surface area contributed by atoms with Crippen LogP contribution in [0.4, 0.5) is 4.79 Å². The molecule has 0 aliphatic rings. The van der Waals surface area contributed by atoms with Gasteiger partial charge in [-0.1, -0.05) is 30.3 Å². The van der Waals surface area contributed by atoms with E-state index in [1.165, 1.54) is 0 Å². The van der Waals surface area contributed by atoms with E-state index in [0.717, 1.165) is 5.56 Å². The quantitative estimate of drug-likeness (QED) is 0.579. The van der Waals surface area contributed by atoms with Gasteiger partial charge in [-0.25, -0.2) is 4.79 Å². The Morgan fingerprint density at radius 3 is 2.43 bits per heavy atom. The molecule has 21 heavy (non-hydrogen) atoms. The fourth-order valence-corrected chi connectivity index (χ4v) is 2.01. The molecule has 0 radical (unpaired) electrons. The molecule has 1 aromatic carbocycles. The van der Waals surface area contributed by atoms with Crippen molar-refractivity contribution in [1.29, 1.82) is 0 Å².